The molecule has 0 saturated carbocycles. The summed E-state index contributed by atoms with van der Waals surface area (Å²) in [5.74, 6) is -0.154. The summed E-state index contributed by atoms with van der Waals surface area (Å²) in [6.45, 7) is 5.26. The topological polar surface area (TPSA) is 75.0 Å². The van der Waals surface area contributed by atoms with Crippen LogP contribution in [-0.4, -0.2) is 31.3 Å². The molecule has 0 saturated heterocycles. The first kappa shape index (κ1) is 20.9. The van der Waals surface area contributed by atoms with Gasteiger partial charge < -0.3 is 18.6 Å². The average molecular weight is 461 g/mol. The van der Waals surface area contributed by atoms with Crippen molar-refractivity contribution in [1.29, 1.82) is 0 Å². The van der Waals surface area contributed by atoms with Crippen molar-refractivity contribution in [2.75, 3.05) is 13.2 Å². The summed E-state index contributed by atoms with van der Waals surface area (Å²) in [6, 6.07) is 12.7. The molecule has 3 rings (SSSR count). The Labute approximate surface area is 176 Å². The van der Waals surface area contributed by atoms with Crippen molar-refractivity contribution in [2.45, 2.75) is 26.9 Å². The van der Waals surface area contributed by atoms with Crippen LogP contribution in [0.1, 0.15) is 31.1 Å². The summed E-state index contributed by atoms with van der Waals surface area (Å²) in [4.78, 5) is 24.5. The van der Waals surface area contributed by atoms with Crippen molar-refractivity contribution in [2.24, 2.45) is 0 Å². The molecule has 29 heavy (non-hydrogen) atoms. The normalized spacial score (nSPS) is 10.9. The van der Waals surface area contributed by atoms with Crippen LogP contribution in [0.2, 0.25) is 0 Å². The van der Waals surface area contributed by atoms with Gasteiger partial charge in [0, 0.05) is 10.9 Å². The summed E-state index contributed by atoms with van der Waals surface area (Å²) < 4.78 is 22.5. The van der Waals surface area contributed by atoms with E-state index in [9.17, 15) is 9.59 Å². The van der Waals surface area contributed by atoms with Crippen LogP contribution in [0, 0.1) is 0 Å². The highest BCUT2D eigenvalue weighted by Crippen LogP contribution is 2.39. The molecule has 7 heteroatoms. The van der Waals surface area contributed by atoms with E-state index in [1.54, 1.807) is 32.9 Å². The van der Waals surface area contributed by atoms with Crippen molar-refractivity contribution in [3.8, 4) is 17.1 Å². The van der Waals surface area contributed by atoms with Gasteiger partial charge in [-0.05, 0) is 48.8 Å². The molecule has 0 spiro atoms. The third-order valence-electron chi connectivity index (χ3n) is 3.97. The Kier molecular flexibility index (Phi) is 6.59. The molecule has 0 N–H and O–H groups in total. The summed E-state index contributed by atoms with van der Waals surface area (Å²) in [5, 5.41) is 0.540. The van der Waals surface area contributed by atoms with E-state index in [0.717, 1.165) is 5.56 Å². The van der Waals surface area contributed by atoms with E-state index in [2.05, 4.69) is 15.9 Å². The number of rotatable bonds is 7. The fourth-order valence-electron chi connectivity index (χ4n) is 2.84. The van der Waals surface area contributed by atoms with Crippen LogP contribution in [0.25, 0.3) is 22.3 Å². The molecular formula is C22H21BrO6. The maximum atomic E-state index is 12.7. The fraction of sp³-hybridized carbons (Fsp3) is 0.273. The molecule has 152 valence electrons. The number of halogens is 1. The molecular weight excluding hydrogens is 440 g/mol. The van der Waals surface area contributed by atoms with Gasteiger partial charge in [-0.3, -0.25) is 0 Å². The Morgan fingerprint density at radius 1 is 1.14 bits per heavy atom. The Balaban J connectivity index is 2.04. The molecule has 2 aromatic carbocycles. The lowest BCUT2D eigenvalue weighted by molar-refractivity contribution is -0.149. The number of esters is 2. The molecule has 1 aromatic heterocycles. The summed E-state index contributed by atoms with van der Waals surface area (Å²) in [5.41, 5.74) is 1.57. The fourth-order valence-corrected chi connectivity index (χ4v) is 3.28. The monoisotopic (exact) mass is 460 g/mol. The lowest BCUT2D eigenvalue weighted by atomic mass is 10.1. The molecule has 0 unspecified atom stereocenters. The molecule has 1 heterocycles. The number of benzene rings is 2. The van der Waals surface area contributed by atoms with Gasteiger partial charge in [-0.25, -0.2) is 9.59 Å². The van der Waals surface area contributed by atoms with Crippen LogP contribution in [0.4, 0.5) is 0 Å². The number of hydrogen-bond acceptors (Lipinski definition) is 6. The van der Waals surface area contributed by atoms with Crippen LogP contribution >= 0.6 is 15.9 Å². The van der Waals surface area contributed by atoms with Crippen molar-refractivity contribution in [3.63, 3.8) is 0 Å². The molecule has 0 aliphatic heterocycles. The zero-order valence-corrected chi connectivity index (χ0v) is 17.9. The third-order valence-corrected chi connectivity index (χ3v) is 4.59. The molecule has 3 aromatic rings. The van der Waals surface area contributed by atoms with Gasteiger partial charge in [0.2, 0.25) is 0 Å². The Hall–Kier alpha value is -2.80. The highest BCUT2D eigenvalue weighted by molar-refractivity contribution is 9.10. The van der Waals surface area contributed by atoms with Crippen LogP contribution < -0.4 is 4.74 Å². The Morgan fingerprint density at radius 2 is 1.86 bits per heavy atom. The van der Waals surface area contributed by atoms with Gasteiger partial charge in [-0.15, -0.1) is 0 Å². The average Bonchev–Trinajstić information content (AvgIpc) is 3.04. The Bertz CT molecular complexity index is 1020. The van der Waals surface area contributed by atoms with Crippen LogP contribution in [-0.2, 0) is 14.3 Å². The lowest BCUT2D eigenvalue weighted by Gasteiger charge is -2.10. The minimum atomic E-state index is -0.488. The van der Waals surface area contributed by atoms with Crippen molar-refractivity contribution >= 4 is 38.8 Å². The maximum absolute atomic E-state index is 12.7. The van der Waals surface area contributed by atoms with E-state index in [1.807, 2.05) is 30.3 Å². The van der Waals surface area contributed by atoms with Gasteiger partial charge in [0.15, 0.2) is 6.61 Å². The zero-order chi connectivity index (χ0) is 21.0. The molecule has 0 aliphatic rings. The van der Waals surface area contributed by atoms with E-state index in [-0.39, 0.29) is 19.3 Å². The second-order valence-electron chi connectivity index (χ2n) is 6.50. The minimum absolute atomic E-state index is 0.227. The first-order chi connectivity index (χ1) is 13.9. The quantitative estimate of drug-likeness (QED) is 0.441. The summed E-state index contributed by atoms with van der Waals surface area (Å²) in [7, 11) is 0. The van der Waals surface area contributed by atoms with Gasteiger partial charge in [-0.2, -0.15) is 0 Å². The predicted octanol–water partition coefficient (Wildman–Crippen LogP) is 5.37. The van der Waals surface area contributed by atoms with E-state index < -0.39 is 11.9 Å². The predicted molar refractivity (Wildman–Crippen MR) is 112 cm³/mol. The van der Waals surface area contributed by atoms with Gasteiger partial charge in [0.05, 0.1) is 17.2 Å². The molecule has 0 fully saturated rings. The smallest absolute Gasteiger partial charge is 0.344 e. The molecule has 6 nitrogen and oxygen atoms in total. The number of fused-ring (bicyclic) bond motifs is 1. The highest BCUT2D eigenvalue weighted by Gasteiger charge is 2.24. The second-order valence-corrected chi connectivity index (χ2v) is 7.35. The Morgan fingerprint density at radius 3 is 2.52 bits per heavy atom. The summed E-state index contributed by atoms with van der Waals surface area (Å²) in [6.07, 6.45) is -0.227. The number of furan rings is 1. The molecule has 0 aliphatic carbocycles. The maximum Gasteiger partial charge on any atom is 0.344 e. The minimum Gasteiger partial charge on any atom is -0.481 e. The number of carbonyl (C=O) groups excluding carboxylic acids is 2. The van der Waals surface area contributed by atoms with Gasteiger partial charge in [0.1, 0.15) is 22.7 Å². The highest BCUT2D eigenvalue weighted by atomic mass is 79.9. The molecule has 0 amide bonds. The van der Waals surface area contributed by atoms with Gasteiger partial charge in [0.25, 0.3) is 0 Å². The van der Waals surface area contributed by atoms with Gasteiger partial charge >= 0.3 is 11.9 Å². The third kappa shape index (κ3) is 4.79. The van der Waals surface area contributed by atoms with Crippen molar-refractivity contribution in [3.05, 3.63) is 52.5 Å². The van der Waals surface area contributed by atoms with Crippen LogP contribution in [0.3, 0.4) is 0 Å². The first-order valence-corrected chi connectivity index (χ1v) is 10.0. The molecule has 0 radical (unpaired) electrons. The summed E-state index contributed by atoms with van der Waals surface area (Å²) >= 11 is 3.42. The van der Waals surface area contributed by atoms with Crippen molar-refractivity contribution < 1.29 is 28.2 Å². The van der Waals surface area contributed by atoms with Gasteiger partial charge in [-0.1, -0.05) is 30.3 Å². The standard InChI is InChI=1S/C22H21BrO6/c1-4-26-22(25)20-15-10-18(27-12-19(24)28-13(2)3)16(23)11-17(15)29-21(20)14-8-6-5-7-9-14/h5-11,13H,4,12H2,1-3H3. The number of hydrogen-bond donors (Lipinski definition) is 0. The largest absolute Gasteiger partial charge is 0.481 e. The zero-order valence-electron chi connectivity index (χ0n) is 16.4. The number of carbonyl (C=O) groups is 2. The number of ether oxygens (including phenoxy) is 3. The van der Waals surface area contributed by atoms with Crippen molar-refractivity contribution in [1.82, 2.24) is 0 Å². The van der Waals surface area contributed by atoms with E-state index in [4.69, 9.17) is 18.6 Å². The van der Waals surface area contributed by atoms with E-state index in [1.165, 1.54) is 0 Å². The molecule has 0 bridgehead atoms. The SMILES string of the molecule is CCOC(=O)c1c(-c2ccccc2)oc2cc(Br)c(OCC(=O)OC(C)C)cc12. The van der Waals surface area contributed by atoms with Crippen LogP contribution in [0.5, 0.6) is 5.75 Å². The second kappa shape index (κ2) is 9.13. The first-order valence-electron chi connectivity index (χ1n) is 9.21. The van der Waals surface area contributed by atoms with E-state index in [0.29, 0.717) is 32.5 Å². The van der Waals surface area contributed by atoms with Crippen LogP contribution in [0.15, 0.2) is 51.4 Å². The van der Waals surface area contributed by atoms with E-state index >= 15 is 0 Å². The molecule has 0 atom stereocenters. The lowest BCUT2D eigenvalue weighted by Crippen LogP contribution is -2.18.